The first-order chi connectivity index (χ1) is 7.45. The van der Waals surface area contributed by atoms with Crippen LogP contribution in [0.2, 0.25) is 0 Å². The van der Waals surface area contributed by atoms with Crippen molar-refractivity contribution in [1.82, 2.24) is 0 Å². The summed E-state index contributed by atoms with van der Waals surface area (Å²) in [5.41, 5.74) is 5.62. The van der Waals surface area contributed by atoms with Crippen LogP contribution in [0, 0.1) is 11.6 Å². The summed E-state index contributed by atoms with van der Waals surface area (Å²) in [6.45, 7) is -3.28. The first-order valence-corrected chi connectivity index (χ1v) is 4.89. The molecule has 0 aromatic heterocycles. The van der Waals surface area contributed by atoms with Crippen molar-refractivity contribution in [1.29, 1.82) is 0 Å². The third-order valence-corrected chi connectivity index (χ3v) is 2.25. The zero-order chi connectivity index (χ0) is 12.3. The quantitative estimate of drug-likeness (QED) is 0.640. The minimum atomic E-state index is -3.28. The van der Waals surface area contributed by atoms with E-state index in [4.69, 9.17) is 5.73 Å². The van der Waals surface area contributed by atoms with E-state index in [1.54, 1.807) is 0 Å². The molecule has 2 nitrogen and oxygen atoms in total. The topological polar surface area (TPSA) is 35.2 Å². The number of thiol groups is 1. The zero-order valence-corrected chi connectivity index (χ0v) is 8.86. The Bertz CT molecular complexity index is 352. The summed E-state index contributed by atoms with van der Waals surface area (Å²) in [6, 6.07) is 1.02. The Morgan fingerprint density at radius 3 is 2.12 bits per heavy atom. The molecule has 0 aliphatic rings. The fraction of sp³-hybridized carbons (Fsp3) is 0.333. The summed E-state index contributed by atoms with van der Waals surface area (Å²) in [7, 11) is 0. The van der Waals surface area contributed by atoms with Gasteiger partial charge in [-0.05, 0) is 17.7 Å². The third-order valence-electron chi connectivity index (χ3n) is 1.85. The first-order valence-electron chi connectivity index (χ1n) is 4.26. The molecule has 1 atom stereocenters. The Labute approximate surface area is 94.8 Å². The van der Waals surface area contributed by atoms with Crippen LogP contribution in [-0.4, -0.2) is 12.4 Å². The Balaban J connectivity index is 3.07. The van der Waals surface area contributed by atoms with E-state index in [1.165, 1.54) is 0 Å². The van der Waals surface area contributed by atoms with Crippen molar-refractivity contribution in [2.45, 2.75) is 12.7 Å². The third kappa shape index (κ3) is 3.02. The zero-order valence-electron chi connectivity index (χ0n) is 7.96. The molecule has 0 saturated carbocycles. The van der Waals surface area contributed by atoms with E-state index in [0.717, 1.165) is 12.1 Å². The van der Waals surface area contributed by atoms with Gasteiger partial charge in [0.15, 0.2) is 17.4 Å². The molecule has 0 fully saturated rings. The van der Waals surface area contributed by atoms with Crippen molar-refractivity contribution in [2.75, 3.05) is 5.75 Å². The average Bonchev–Trinajstić information content (AvgIpc) is 2.21. The summed E-state index contributed by atoms with van der Waals surface area (Å²) in [6.07, 6.45) is 0. The van der Waals surface area contributed by atoms with Crippen LogP contribution in [0.3, 0.4) is 0 Å². The lowest BCUT2D eigenvalue weighted by atomic mass is 10.1. The maximum absolute atomic E-state index is 13.2. The predicted octanol–water partition coefficient (Wildman–Crippen LogP) is 2.50. The summed E-state index contributed by atoms with van der Waals surface area (Å²) in [5, 5.41) is 0. The monoisotopic (exact) mass is 255 g/mol. The summed E-state index contributed by atoms with van der Waals surface area (Å²) in [5.74, 6) is -3.36. The van der Waals surface area contributed by atoms with Crippen molar-refractivity contribution in [3.63, 3.8) is 0 Å². The molecule has 16 heavy (non-hydrogen) atoms. The van der Waals surface area contributed by atoms with Gasteiger partial charge in [0.25, 0.3) is 0 Å². The number of alkyl halides is 2. The molecule has 0 aliphatic carbocycles. The van der Waals surface area contributed by atoms with Crippen molar-refractivity contribution in [2.24, 2.45) is 5.73 Å². The molecule has 1 unspecified atom stereocenters. The smallest absolute Gasteiger partial charge is 0.387 e. The van der Waals surface area contributed by atoms with Gasteiger partial charge >= 0.3 is 6.61 Å². The van der Waals surface area contributed by atoms with E-state index >= 15 is 0 Å². The highest BCUT2D eigenvalue weighted by atomic mass is 32.1. The molecule has 0 amide bonds. The second-order valence-electron chi connectivity index (χ2n) is 2.98. The van der Waals surface area contributed by atoms with Crippen LogP contribution in [0.25, 0.3) is 0 Å². The lowest BCUT2D eigenvalue weighted by Crippen LogP contribution is -2.13. The molecule has 0 bridgehead atoms. The van der Waals surface area contributed by atoms with Gasteiger partial charge in [-0.15, -0.1) is 0 Å². The lowest BCUT2D eigenvalue weighted by molar-refractivity contribution is -0.0546. The van der Waals surface area contributed by atoms with E-state index in [1.807, 2.05) is 0 Å². The summed E-state index contributed by atoms with van der Waals surface area (Å²) >= 11 is 3.86. The number of rotatable bonds is 4. The largest absolute Gasteiger partial charge is 0.429 e. The highest BCUT2D eigenvalue weighted by Gasteiger charge is 2.18. The van der Waals surface area contributed by atoms with Crippen molar-refractivity contribution < 1.29 is 22.3 Å². The number of hydrogen-bond acceptors (Lipinski definition) is 3. The maximum atomic E-state index is 13.2. The second-order valence-corrected chi connectivity index (χ2v) is 3.35. The van der Waals surface area contributed by atoms with Gasteiger partial charge in [-0.3, -0.25) is 0 Å². The van der Waals surface area contributed by atoms with E-state index in [-0.39, 0.29) is 11.3 Å². The van der Waals surface area contributed by atoms with Gasteiger partial charge in [0.05, 0.1) is 0 Å². The average molecular weight is 255 g/mol. The Hall–Kier alpha value is -0.950. The molecule has 0 saturated heterocycles. The standard InChI is InChI=1S/C9H9F4NOS/c10-5-1-4(7(14)3-16)2-6(11)8(5)15-9(12)13/h1-2,7,9,16H,3,14H2. The molecule has 0 heterocycles. The van der Waals surface area contributed by atoms with Crippen LogP contribution < -0.4 is 10.5 Å². The molecule has 1 rings (SSSR count). The van der Waals surface area contributed by atoms with Gasteiger partial charge in [0, 0.05) is 11.8 Å². The number of hydrogen-bond donors (Lipinski definition) is 2. The second kappa shape index (κ2) is 5.40. The molecular weight excluding hydrogens is 246 g/mol. The van der Waals surface area contributed by atoms with Gasteiger partial charge in [-0.25, -0.2) is 8.78 Å². The SMILES string of the molecule is NC(CS)c1cc(F)c(OC(F)F)c(F)c1. The molecule has 2 N–H and O–H groups in total. The van der Waals surface area contributed by atoms with Gasteiger partial charge in [-0.1, -0.05) is 0 Å². The number of halogens is 4. The van der Waals surface area contributed by atoms with Gasteiger partial charge < -0.3 is 10.5 Å². The van der Waals surface area contributed by atoms with Crippen molar-refractivity contribution in [3.05, 3.63) is 29.3 Å². The highest BCUT2D eigenvalue weighted by molar-refractivity contribution is 7.80. The van der Waals surface area contributed by atoms with Crippen LogP contribution in [0.5, 0.6) is 5.75 Å². The molecule has 1 aromatic rings. The molecule has 0 aliphatic heterocycles. The van der Waals surface area contributed by atoms with Crippen LogP contribution in [-0.2, 0) is 0 Å². The molecule has 90 valence electrons. The molecule has 0 radical (unpaired) electrons. The fourth-order valence-electron chi connectivity index (χ4n) is 1.10. The summed E-state index contributed by atoms with van der Waals surface area (Å²) in [4.78, 5) is 0. The van der Waals surface area contributed by atoms with E-state index in [9.17, 15) is 17.6 Å². The van der Waals surface area contributed by atoms with Crippen LogP contribution in [0.1, 0.15) is 11.6 Å². The molecular formula is C9H9F4NOS. The molecule has 0 spiro atoms. The van der Waals surface area contributed by atoms with Gasteiger partial charge in [-0.2, -0.15) is 21.4 Å². The van der Waals surface area contributed by atoms with E-state index in [0.29, 0.717) is 0 Å². The van der Waals surface area contributed by atoms with Crippen LogP contribution in [0.4, 0.5) is 17.6 Å². The minimum Gasteiger partial charge on any atom is -0.429 e. The number of benzene rings is 1. The highest BCUT2D eigenvalue weighted by Crippen LogP contribution is 2.27. The predicted molar refractivity (Wildman–Crippen MR) is 53.8 cm³/mol. The summed E-state index contributed by atoms with van der Waals surface area (Å²) < 4.78 is 53.7. The normalized spacial score (nSPS) is 12.9. The van der Waals surface area contributed by atoms with Crippen LogP contribution >= 0.6 is 12.6 Å². The Morgan fingerprint density at radius 1 is 1.25 bits per heavy atom. The molecule has 1 aromatic carbocycles. The maximum Gasteiger partial charge on any atom is 0.387 e. The van der Waals surface area contributed by atoms with E-state index in [2.05, 4.69) is 17.4 Å². The van der Waals surface area contributed by atoms with Crippen molar-refractivity contribution in [3.8, 4) is 5.75 Å². The first kappa shape index (κ1) is 13.1. The minimum absolute atomic E-state index is 0.131. The van der Waals surface area contributed by atoms with Crippen molar-refractivity contribution >= 4 is 12.6 Å². The number of nitrogens with two attached hydrogens (primary N) is 1. The van der Waals surface area contributed by atoms with Crippen LogP contribution in [0.15, 0.2) is 12.1 Å². The van der Waals surface area contributed by atoms with Gasteiger partial charge in [0.1, 0.15) is 0 Å². The fourth-order valence-corrected chi connectivity index (χ4v) is 1.31. The lowest BCUT2D eigenvalue weighted by Gasteiger charge is -2.12. The van der Waals surface area contributed by atoms with E-state index < -0.39 is 30.0 Å². The Kier molecular flexibility index (Phi) is 4.43. The Morgan fingerprint density at radius 2 is 1.75 bits per heavy atom. The number of ether oxygens (including phenoxy) is 1. The molecule has 7 heteroatoms. The van der Waals surface area contributed by atoms with Gasteiger partial charge in [0.2, 0.25) is 0 Å².